The van der Waals surface area contributed by atoms with E-state index in [0.29, 0.717) is 4.47 Å². The van der Waals surface area contributed by atoms with Crippen LogP contribution < -0.4 is 0 Å². The lowest BCUT2D eigenvalue weighted by atomic mass is 9.98. The van der Waals surface area contributed by atoms with Crippen LogP contribution in [0.5, 0.6) is 0 Å². The lowest BCUT2D eigenvalue weighted by Crippen LogP contribution is -2.01. The van der Waals surface area contributed by atoms with E-state index in [9.17, 15) is 4.39 Å². The Morgan fingerprint density at radius 2 is 2.21 bits per heavy atom. The van der Waals surface area contributed by atoms with Crippen molar-refractivity contribution in [2.24, 2.45) is 5.41 Å². The second-order valence-electron chi connectivity index (χ2n) is 3.82. The van der Waals surface area contributed by atoms with Gasteiger partial charge in [0.05, 0.1) is 16.0 Å². The summed E-state index contributed by atoms with van der Waals surface area (Å²) in [6, 6.07) is 7.27. The van der Waals surface area contributed by atoms with Gasteiger partial charge in [0.15, 0.2) is 0 Å². The molecule has 0 spiro atoms. The van der Waals surface area contributed by atoms with Crippen LogP contribution in [-0.4, -0.2) is 0 Å². The first-order valence-electron chi connectivity index (χ1n) is 4.50. The van der Waals surface area contributed by atoms with Gasteiger partial charge < -0.3 is 0 Å². The fraction of sp³-hybridized carbons (Fsp3) is 0.364. The number of rotatable bonds is 2. The zero-order valence-electron chi connectivity index (χ0n) is 7.56. The summed E-state index contributed by atoms with van der Waals surface area (Å²) in [6.45, 7) is 0. The van der Waals surface area contributed by atoms with Crippen molar-refractivity contribution in [2.45, 2.75) is 19.3 Å². The van der Waals surface area contributed by atoms with Gasteiger partial charge in [0, 0.05) is 0 Å². The topological polar surface area (TPSA) is 23.8 Å². The third kappa shape index (κ3) is 1.80. The van der Waals surface area contributed by atoms with Gasteiger partial charge in [-0.25, -0.2) is 4.39 Å². The van der Waals surface area contributed by atoms with Crippen molar-refractivity contribution in [3.05, 3.63) is 34.1 Å². The molecule has 14 heavy (non-hydrogen) atoms. The molecule has 0 aromatic heterocycles. The highest BCUT2D eigenvalue weighted by molar-refractivity contribution is 9.10. The lowest BCUT2D eigenvalue weighted by Gasteiger charge is -2.06. The first-order valence-corrected chi connectivity index (χ1v) is 5.30. The summed E-state index contributed by atoms with van der Waals surface area (Å²) in [5, 5.41) is 8.91. The Labute approximate surface area is 90.7 Å². The number of nitriles is 1. The fourth-order valence-electron chi connectivity index (χ4n) is 1.52. The zero-order valence-corrected chi connectivity index (χ0v) is 9.14. The van der Waals surface area contributed by atoms with E-state index in [-0.39, 0.29) is 11.2 Å². The largest absolute Gasteiger partial charge is 0.206 e. The molecule has 2 rings (SSSR count). The molecule has 0 amide bonds. The summed E-state index contributed by atoms with van der Waals surface area (Å²) < 4.78 is 13.4. The molecule has 0 radical (unpaired) electrons. The van der Waals surface area contributed by atoms with E-state index < -0.39 is 0 Å². The van der Waals surface area contributed by atoms with Gasteiger partial charge in [0.2, 0.25) is 0 Å². The maximum Gasteiger partial charge on any atom is 0.137 e. The minimum Gasteiger partial charge on any atom is -0.206 e. The van der Waals surface area contributed by atoms with E-state index in [4.69, 9.17) is 5.26 Å². The van der Waals surface area contributed by atoms with Crippen LogP contribution in [0.2, 0.25) is 0 Å². The standard InChI is InChI=1S/C11H9BrFN/c12-9-5-8(1-2-10(9)13)6-11(7-14)3-4-11/h1-2,5H,3-4,6H2. The third-order valence-corrected chi connectivity index (χ3v) is 3.22. The Kier molecular flexibility index (Phi) is 2.32. The molecule has 0 saturated heterocycles. The SMILES string of the molecule is N#CC1(Cc2ccc(F)c(Br)c2)CC1. The molecule has 1 fully saturated rings. The van der Waals surface area contributed by atoms with E-state index in [1.165, 1.54) is 6.07 Å². The van der Waals surface area contributed by atoms with Crippen LogP contribution >= 0.6 is 15.9 Å². The lowest BCUT2D eigenvalue weighted by molar-refractivity contribution is 0.616. The molecular formula is C11H9BrFN. The van der Waals surface area contributed by atoms with Crippen molar-refractivity contribution in [2.75, 3.05) is 0 Å². The van der Waals surface area contributed by atoms with E-state index >= 15 is 0 Å². The molecule has 1 nitrogen and oxygen atoms in total. The van der Waals surface area contributed by atoms with Crippen LogP contribution in [0.15, 0.2) is 22.7 Å². The minimum atomic E-state index is -0.254. The van der Waals surface area contributed by atoms with Gasteiger partial charge in [-0.15, -0.1) is 0 Å². The molecule has 0 heterocycles. The van der Waals surface area contributed by atoms with Crippen LogP contribution in [0.25, 0.3) is 0 Å². The van der Waals surface area contributed by atoms with Crippen LogP contribution in [0.4, 0.5) is 4.39 Å². The van der Waals surface area contributed by atoms with Gasteiger partial charge in [-0.2, -0.15) is 5.26 Å². The average molecular weight is 254 g/mol. The highest BCUT2D eigenvalue weighted by atomic mass is 79.9. The summed E-state index contributed by atoms with van der Waals surface area (Å²) in [5.41, 5.74) is 0.870. The molecule has 0 N–H and O–H groups in total. The normalized spacial score (nSPS) is 17.5. The Bertz CT molecular complexity index is 404. The molecule has 3 heteroatoms. The quantitative estimate of drug-likeness (QED) is 0.793. The minimum absolute atomic E-state index is 0.155. The Hall–Kier alpha value is -0.880. The molecule has 1 saturated carbocycles. The van der Waals surface area contributed by atoms with E-state index in [1.807, 2.05) is 0 Å². The summed E-state index contributed by atoms with van der Waals surface area (Å²) in [7, 11) is 0. The molecule has 0 aliphatic heterocycles. The van der Waals surface area contributed by atoms with E-state index in [2.05, 4.69) is 22.0 Å². The van der Waals surface area contributed by atoms with E-state index in [1.54, 1.807) is 12.1 Å². The molecule has 72 valence electrons. The van der Waals surface area contributed by atoms with Crippen molar-refractivity contribution in [3.8, 4) is 6.07 Å². The van der Waals surface area contributed by atoms with E-state index in [0.717, 1.165) is 24.8 Å². The predicted molar refractivity (Wildman–Crippen MR) is 55.1 cm³/mol. The second kappa shape index (κ2) is 3.36. The molecule has 0 bridgehead atoms. The molecular weight excluding hydrogens is 245 g/mol. The van der Waals surface area contributed by atoms with Crippen LogP contribution in [-0.2, 0) is 6.42 Å². The Morgan fingerprint density at radius 3 is 2.71 bits per heavy atom. The maximum atomic E-state index is 12.9. The number of hydrogen-bond donors (Lipinski definition) is 0. The van der Waals surface area contributed by atoms with Crippen molar-refractivity contribution >= 4 is 15.9 Å². The molecule has 0 atom stereocenters. The zero-order chi connectivity index (χ0) is 10.2. The first kappa shape index (κ1) is 9.67. The van der Waals surface area contributed by atoms with Gasteiger partial charge in [-0.3, -0.25) is 0 Å². The molecule has 1 aromatic carbocycles. The number of hydrogen-bond acceptors (Lipinski definition) is 1. The summed E-state index contributed by atoms with van der Waals surface area (Å²) in [4.78, 5) is 0. The molecule has 1 aliphatic carbocycles. The van der Waals surface area contributed by atoms with Gasteiger partial charge >= 0.3 is 0 Å². The first-order chi connectivity index (χ1) is 6.65. The molecule has 1 aliphatic rings. The van der Waals surface area contributed by atoms with Crippen LogP contribution in [0.3, 0.4) is 0 Å². The van der Waals surface area contributed by atoms with Crippen molar-refractivity contribution in [1.82, 2.24) is 0 Å². The van der Waals surface area contributed by atoms with Crippen LogP contribution in [0.1, 0.15) is 18.4 Å². The second-order valence-corrected chi connectivity index (χ2v) is 4.67. The average Bonchev–Trinajstić information content (AvgIpc) is 2.93. The number of halogens is 2. The summed E-state index contributed by atoms with van der Waals surface area (Å²) in [5.74, 6) is -0.254. The number of nitrogens with zero attached hydrogens (tertiary/aromatic N) is 1. The fourth-order valence-corrected chi connectivity index (χ4v) is 1.95. The van der Waals surface area contributed by atoms with Gasteiger partial charge in [0.1, 0.15) is 5.82 Å². The van der Waals surface area contributed by atoms with Gasteiger partial charge in [-0.1, -0.05) is 6.07 Å². The Morgan fingerprint density at radius 1 is 1.50 bits per heavy atom. The third-order valence-electron chi connectivity index (χ3n) is 2.62. The van der Waals surface area contributed by atoms with Crippen molar-refractivity contribution < 1.29 is 4.39 Å². The highest BCUT2D eigenvalue weighted by Crippen LogP contribution is 2.47. The van der Waals surface area contributed by atoms with Crippen LogP contribution in [0, 0.1) is 22.6 Å². The Balaban J connectivity index is 2.19. The molecule has 0 unspecified atom stereocenters. The maximum absolute atomic E-state index is 12.9. The smallest absolute Gasteiger partial charge is 0.137 e. The molecule has 1 aromatic rings. The monoisotopic (exact) mass is 253 g/mol. The number of benzene rings is 1. The van der Waals surface area contributed by atoms with Crippen molar-refractivity contribution in [1.29, 1.82) is 5.26 Å². The highest BCUT2D eigenvalue weighted by Gasteiger charge is 2.42. The summed E-state index contributed by atoms with van der Waals surface area (Å²) in [6.07, 6.45) is 2.68. The van der Waals surface area contributed by atoms with Crippen molar-refractivity contribution in [3.63, 3.8) is 0 Å². The van der Waals surface area contributed by atoms with Gasteiger partial charge in [0.25, 0.3) is 0 Å². The summed E-state index contributed by atoms with van der Waals surface area (Å²) >= 11 is 3.14. The van der Waals surface area contributed by atoms with Gasteiger partial charge in [-0.05, 0) is 52.9 Å². The predicted octanol–water partition coefficient (Wildman–Crippen LogP) is 3.43.